The lowest BCUT2D eigenvalue weighted by atomic mass is 9.97. The molecule has 5 rings (SSSR count). The Hall–Kier alpha value is -3.10. The minimum atomic E-state index is -0.762. The third kappa shape index (κ3) is 4.23. The van der Waals surface area contributed by atoms with Crippen molar-refractivity contribution in [2.24, 2.45) is 0 Å². The Morgan fingerprint density at radius 3 is 2.65 bits per heavy atom. The quantitative estimate of drug-likeness (QED) is 0.397. The van der Waals surface area contributed by atoms with Crippen molar-refractivity contribution >= 4 is 17.4 Å². The summed E-state index contributed by atoms with van der Waals surface area (Å²) in [4.78, 5) is 30.1. The molecule has 8 heteroatoms. The molecule has 0 saturated carbocycles. The van der Waals surface area contributed by atoms with Gasteiger partial charge in [0.1, 0.15) is 35.2 Å². The molecule has 4 heterocycles. The van der Waals surface area contributed by atoms with Crippen molar-refractivity contribution in [3.8, 4) is 5.75 Å². The van der Waals surface area contributed by atoms with Gasteiger partial charge in [0.15, 0.2) is 0 Å². The maximum absolute atomic E-state index is 13.2. The SMILES string of the molecule is Cc1ccc([C@H]2C(=C(O)c3ccc4c(c3)C[C@@H](C)O4)C(=O)C(=O)N2CCCN2CCOCC2)o1. The monoisotopic (exact) mass is 466 g/mol. The first kappa shape index (κ1) is 22.7. The van der Waals surface area contributed by atoms with Gasteiger partial charge < -0.3 is 23.9 Å². The molecular weight excluding hydrogens is 436 g/mol. The number of benzene rings is 1. The molecule has 2 fully saturated rings. The number of fused-ring (bicyclic) bond motifs is 1. The molecule has 0 unspecified atom stereocenters. The van der Waals surface area contributed by atoms with Gasteiger partial charge in [-0.1, -0.05) is 0 Å². The molecule has 0 radical (unpaired) electrons. The summed E-state index contributed by atoms with van der Waals surface area (Å²) in [6.07, 6.45) is 1.50. The van der Waals surface area contributed by atoms with Gasteiger partial charge in [-0.15, -0.1) is 0 Å². The van der Waals surface area contributed by atoms with Gasteiger partial charge >= 0.3 is 0 Å². The Morgan fingerprint density at radius 2 is 1.91 bits per heavy atom. The smallest absolute Gasteiger partial charge is 0.295 e. The second kappa shape index (κ2) is 9.27. The molecule has 0 aliphatic carbocycles. The van der Waals surface area contributed by atoms with Crippen LogP contribution in [0.4, 0.5) is 0 Å². The van der Waals surface area contributed by atoms with E-state index in [-0.39, 0.29) is 17.4 Å². The number of morpholine rings is 1. The Labute approximate surface area is 198 Å². The molecule has 2 atom stereocenters. The van der Waals surface area contributed by atoms with E-state index >= 15 is 0 Å². The van der Waals surface area contributed by atoms with Crippen LogP contribution in [0.1, 0.15) is 42.0 Å². The first-order valence-electron chi connectivity index (χ1n) is 11.9. The van der Waals surface area contributed by atoms with E-state index in [9.17, 15) is 14.7 Å². The predicted octanol–water partition coefficient (Wildman–Crippen LogP) is 3.06. The fraction of sp³-hybridized carbons (Fsp3) is 0.462. The van der Waals surface area contributed by atoms with Crippen molar-refractivity contribution in [3.63, 3.8) is 0 Å². The van der Waals surface area contributed by atoms with Crippen LogP contribution in [0, 0.1) is 6.92 Å². The van der Waals surface area contributed by atoms with E-state index in [2.05, 4.69) is 4.90 Å². The lowest BCUT2D eigenvalue weighted by Gasteiger charge is -2.28. The molecule has 34 heavy (non-hydrogen) atoms. The number of carbonyl (C=O) groups is 2. The highest BCUT2D eigenvalue weighted by atomic mass is 16.5. The van der Waals surface area contributed by atoms with Crippen LogP contribution >= 0.6 is 0 Å². The summed E-state index contributed by atoms with van der Waals surface area (Å²) >= 11 is 0. The van der Waals surface area contributed by atoms with Gasteiger partial charge in [-0.25, -0.2) is 0 Å². The topological polar surface area (TPSA) is 92.5 Å². The number of carbonyl (C=O) groups excluding carboxylic acids is 2. The number of rotatable bonds is 6. The number of likely N-dealkylation sites (tertiary alicyclic amines) is 1. The molecule has 8 nitrogen and oxygen atoms in total. The summed E-state index contributed by atoms with van der Waals surface area (Å²) < 4.78 is 17.0. The van der Waals surface area contributed by atoms with Crippen molar-refractivity contribution in [2.75, 3.05) is 39.4 Å². The zero-order chi connectivity index (χ0) is 23.8. The van der Waals surface area contributed by atoms with Crippen LogP contribution in [-0.4, -0.2) is 72.1 Å². The van der Waals surface area contributed by atoms with Crippen LogP contribution in [0.5, 0.6) is 5.75 Å². The Kier molecular flexibility index (Phi) is 6.18. The van der Waals surface area contributed by atoms with E-state index in [0.717, 1.165) is 37.4 Å². The zero-order valence-corrected chi connectivity index (χ0v) is 19.6. The summed E-state index contributed by atoms with van der Waals surface area (Å²) in [5, 5.41) is 11.3. The first-order chi connectivity index (χ1) is 16.4. The average Bonchev–Trinajstić information content (AvgIpc) is 3.49. The van der Waals surface area contributed by atoms with Crippen molar-refractivity contribution in [2.45, 2.75) is 38.8 Å². The summed E-state index contributed by atoms with van der Waals surface area (Å²) in [7, 11) is 0. The molecule has 1 amide bonds. The largest absolute Gasteiger partial charge is 0.507 e. The summed E-state index contributed by atoms with van der Waals surface area (Å²) in [6.45, 7) is 8.14. The maximum atomic E-state index is 13.2. The standard InChI is InChI=1S/C26H30N2O6/c1-16-4-6-21(33-16)23-22(24(29)18-5-7-20-19(15-18)14-17(2)34-20)25(30)26(31)28(23)9-3-8-27-10-12-32-13-11-27/h4-7,15,17,23,29H,3,8-14H2,1-2H3/t17-,23+/m1/s1. The number of aryl methyl sites for hydroxylation is 1. The number of nitrogens with zero attached hydrogens (tertiary/aromatic N) is 2. The van der Waals surface area contributed by atoms with Crippen molar-refractivity contribution in [1.29, 1.82) is 0 Å². The van der Waals surface area contributed by atoms with E-state index in [1.54, 1.807) is 24.3 Å². The summed E-state index contributed by atoms with van der Waals surface area (Å²) in [5.74, 6) is 0.454. The zero-order valence-electron chi connectivity index (χ0n) is 19.6. The van der Waals surface area contributed by atoms with E-state index in [0.29, 0.717) is 43.3 Å². The fourth-order valence-electron chi connectivity index (χ4n) is 5.02. The van der Waals surface area contributed by atoms with Gasteiger partial charge in [-0.2, -0.15) is 0 Å². The predicted molar refractivity (Wildman–Crippen MR) is 125 cm³/mol. The van der Waals surface area contributed by atoms with Gasteiger partial charge in [0, 0.05) is 38.2 Å². The van der Waals surface area contributed by atoms with Gasteiger partial charge in [-0.3, -0.25) is 14.5 Å². The second-order valence-corrected chi connectivity index (χ2v) is 9.20. The molecule has 180 valence electrons. The molecule has 2 saturated heterocycles. The summed E-state index contributed by atoms with van der Waals surface area (Å²) in [5.41, 5.74) is 1.54. The van der Waals surface area contributed by atoms with E-state index in [4.69, 9.17) is 13.9 Å². The van der Waals surface area contributed by atoms with Crippen LogP contribution in [-0.2, 0) is 20.7 Å². The molecule has 1 aromatic heterocycles. The fourth-order valence-corrected chi connectivity index (χ4v) is 5.02. The number of aliphatic hydroxyl groups is 1. The minimum Gasteiger partial charge on any atom is -0.507 e. The Balaban J connectivity index is 1.46. The number of amides is 1. The Morgan fingerprint density at radius 1 is 1.12 bits per heavy atom. The molecule has 1 N–H and O–H groups in total. The number of hydrogen-bond donors (Lipinski definition) is 1. The third-order valence-corrected chi connectivity index (χ3v) is 6.72. The minimum absolute atomic E-state index is 0.0653. The molecule has 0 spiro atoms. The highest BCUT2D eigenvalue weighted by Crippen LogP contribution is 2.41. The highest BCUT2D eigenvalue weighted by molar-refractivity contribution is 6.46. The number of ketones is 1. The third-order valence-electron chi connectivity index (χ3n) is 6.72. The van der Waals surface area contributed by atoms with Crippen LogP contribution in [0.2, 0.25) is 0 Å². The second-order valence-electron chi connectivity index (χ2n) is 9.20. The van der Waals surface area contributed by atoms with Crippen LogP contribution in [0.15, 0.2) is 40.3 Å². The molecule has 3 aliphatic rings. The van der Waals surface area contributed by atoms with Crippen molar-refractivity contribution in [3.05, 3.63) is 58.6 Å². The first-order valence-corrected chi connectivity index (χ1v) is 11.9. The van der Waals surface area contributed by atoms with E-state index in [1.807, 2.05) is 19.9 Å². The van der Waals surface area contributed by atoms with Crippen LogP contribution < -0.4 is 4.74 Å². The maximum Gasteiger partial charge on any atom is 0.295 e. The van der Waals surface area contributed by atoms with Crippen LogP contribution in [0.3, 0.4) is 0 Å². The molecule has 2 aromatic rings. The number of Topliss-reactive ketones (excluding diaryl/α,β-unsaturated/α-hetero) is 1. The average molecular weight is 467 g/mol. The van der Waals surface area contributed by atoms with Gasteiger partial charge in [0.25, 0.3) is 11.7 Å². The van der Waals surface area contributed by atoms with Gasteiger partial charge in [0.05, 0.1) is 18.8 Å². The van der Waals surface area contributed by atoms with Crippen LogP contribution in [0.25, 0.3) is 5.76 Å². The number of furan rings is 1. The van der Waals surface area contributed by atoms with Gasteiger partial charge in [0.2, 0.25) is 0 Å². The normalized spacial score (nSPS) is 24.5. The number of ether oxygens (including phenoxy) is 2. The molecule has 0 bridgehead atoms. The molecule has 3 aliphatic heterocycles. The Bertz CT molecular complexity index is 1130. The molecule has 1 aromatic carbocycles. The van der Waals surface area contributed by atoms with E-state index < -0.39 is 17.7 Å². The lowest BCUT2D eigenvalue weighted by molar-refractivity contribution is -0.140. The number of hydrogen-bond acceptors (Lipinski definition) is 7. The lowest BCUT2D eigenvalue weighted by Crippen LogP contribution is -2.38. The van der Waals surface area contributed by atoms with Gasteiger partial charge in [-0.05, 0) is 56.2 Å². The van der Waals surface area contributed by atoms with E-state index in [1.165, 1.54) is 4.90 Å². The number of aliphatic hydroxyl groups excluding tert-OH is 1. The highest BCUT2D eigenvalue weighted by Gasteiger charge is 2.47. The summed E-state index contributed by atoms with van der Waals surface area (Å²) in [6, 6.07) is 8.18. The van der Waals surface area contributed by atoms with Crippen molar-refractivity contribution < 1.29 is 28.6 Å². The molecular formula is C26H30N2O6. The van der Waals surface area contributed by atoms with Crippen molar-refractivity contribution in [1.82, 2.24) is 9.80 Å².